The molecule has 0 amide bonds. The van der Waals surface area contributed by atoms with Gasteiger partial charge in [0.15, 0.2) is 23.3 Å². The Bertz CT molecular complexity index is 2570. The second-order valence-corrected chi connectivity index (χ2v) is 10.8. The number of hydrogen-bond acceptors (Lipinski definition) is 10. The number of benzene rings is 4. The normalized spacial score (nSPS) is 11.7. The monoisotopic (exact) mass is 637 g/mol. The second-order valence-electron chi connectivity index (χ2n) is 10.8. The minimum atomic E-state index is 0. The summed E-state index contributed by atoms with van der Waals surface area (Å²) in [6, 6.07) is 22.3. The Kier molecular flexibility index (Phi) is 5.60. The molecule has 0 spiro atoms. The number of nitrogens with zero attached hydrogens (tertiary/aromatic N) is 6. The van der Waals surface area contributed by atoms with Crippen molar-refractivity contribution in [3.05, 3.63) is 72.8 Å². The van der Waals surface area contributed by atoms with Crippen molar-refractivity contribution in [3.63, 3.8) is 0 Å². The quantitative estimate of drug-likeness (QED) is 0.0944. The van der Waals surface area contributed by atoms with E-state index in [1.54, 1.807) is 0 Å². The summed E-state index contributed by atoms with van der Waals surface area (Å²) in [5, 5.41) is 3.22. The van der Waals surface area contributed by atoms with Crippen LogP contribution in [0.4, 0.5) is 22.7 Å². The maximum absolute atomic E-state index is 6.21. The van der Waals surface area contributed by atoms with Crippen molar-refractivity contribution >= 4 is 66.9 Å². The van der Waals surface area contributed by atoms with Gasteiger partial charge in [-0.1, -0.05) is 0 Å². The summed E-state index contributed by atoms with van der Waals surface area (Å²) < 4.78 is 0. The molecule has 10 N–H and O–H groups in total. The molecule has 45 heavy (non-hydrogen) atoms. The second kappa shape index (κ2) is 9.48. The first-order valence-corrected chi connectivity index (χ1v) is 13.8. The van der Waals surface area contributed by atoms with Gasteiger partial charge >= 0.3 is 0 Å². The largest absolute Gasteiger partial charge is 0.399 e. The Hall–Kier alpha value is -6.04. The van der Waals surface area contributed by atoms with Crippen LogP contribution in [0.15, 0.2) is 72.8 Å². The van der Waals surface area contributed by atoms with Crippen LogP contribution in [0.25, 0.3) is 89.7 Å². The third kappa shape index (κ3) is 4.06. The van der Waals surface area contributed by atoms with Gasteiger partial charge in [-0.25, -0.2) is 29.9 Å². The molecule has 13 heteroatoms. The van der Waals surface area contributed by atoms with Gasteiger partial charge in [0.05, 0.1) is 0 Å². The summed E-state index contributed by atoms with van der Waals surface area (Å²) >= 11 is 0. The van der Waals surface area contributed by atoms with E-state index in [9.17, 15) is 0 Å². The minimum absolute atomic E-state index is 0. The molecule has 0 aliphatic carbocycles. The van der Waals surface area contributed by atoms with Gasteiger partial charge < -0.3 is 32.9 Å². The molecule has 3 aromatic heterocycles. The predicted molar refractivity (Wildman–Crippen MR) is 174 cm³/mol. The van der Waals surface area contributed by atoms with Crippen LogP contribution in [0.5, 0.6) is 0 Å². The summed E-state index contributed by atoms with van der Waals surface area (Å²) in [7, 11) is 0. The van der Waals surface area contributed by atoms with Gasteiger partial charge in [-0.15, -0.1) is 0 Å². The number of nitrogens with two attached hydrogens (primary N) is 4. The van der Waals surface area contributed by atoms with Crippen molar-refractivity contribution in [1.82, 2.24) is 39.9 Å². The fourth-order valence-corrected chi connectivity index (χ4v) is 5.86. The van der Waals surface area contributed by atoms with Gasteiger partial charge in [-0.2, -0.15) is 0 Å². The maximum Gasteiger partial charge on any atom is 0.164 e. The first-order chi connectivity index (χ1) is 21.4. The standard InChI is InChI=1S/C32H22N12.Cu/c33-13-1-5-17-21(9-13)29-38-25(17)37-26-18-6-2-15(35)11-23(18)31(39-26)44-32-24-12-16(36)4-8-20(24)28(43-32)42-30-22-10-14(34)3-7-19(22)27(40-29)41-30;/h1-12H,33-36H2,(H2,37,38,39,40,41,42,43,44);. The van der Waals surface area contributed by atoms with Crippen LogP contribution in [0.2, 0.25) is 0 Å². The molecule has 5 heterocycles. The number of nitrogens with one attached hydrogen (secondary N) is 2. The molecule has 12 nitrogen and oxygen atoms in total. The van der Waals surface area contributed by atoms with E-state index < -0.39 is 0 Å². The molecular weight excluding hydrogens is 616 g/mol. The first-order valence-electron chi connectivity index (χ1n) is 13.8. The Morgan fingerprint density at radius 2 is 0.689 bits per heavy atom. The number of rotatable bonds is 0. The fraction of sp³-hybridized carbons (Fsp3) is 0. The third-order valence-electron chi connectivity index (χ3n) is 7.93. The van der Waals surface area contributed by atoms with Crippen LogP contribution >= 0.6 is 0 Å². The molecule has 0 saturated carbocycles. The summed E-state index contributed by atoms with van der Waals surface area (Å²) in [4.78, 5) is 36.4. The van der Waals surface area contributed by atoms with E-state index in [0.29, 0.717) is 68.6 Å². The zero-order valence-electron chi connectivity index (χ0n) is 23.2. The Balaban J connectivity index is 0.00000300. The van der Waals surface area contributed by atoms with Crippen molar-refractivity contribution in [2.75, 3.05) is 22.9 Å². The number of H-pyrrole nitrogens is 2. The molecule has 8 bridgehead atoms. The van der Waals surface area contributed by atoms with Gasteiger partial charge in [0.25, 0.3) is 0 Å². The van der Waals surface area contributed by atoms with Crippen molar-refractivity contribution in [2.24, 2.45) is 0 Å². The summed E-state index contributed by atoms with van der Waals surface area (Å²) in [6.45, 7) is 0. The maximum atomic E-state index is 6.21. The summed E-state index contributed by atoms with van der Waals surface area (Å²) in [5.41, 5.74) is 32.5. The zero-order valence-corrected chi connectivity index (χ0v) is 24.2. The van der Waals surface area contributed by atoms with E-state index in [2.05, 4.69) is 9.97 Å². The molecule has 0 saturated heterocycles. The van der Waals surface area contributed by atoms with E-state index in [1.807, 2.05) is 72.8 Å². The number of nitrogen functional groups attached to an aromatic ring is 4. The number of aromatic amines is 2. The van der Waals surface area contributed by atoms with Crippen LogP contribution < -0.4 is 22.9 Å². The molecule has 4 aromatic carbocycles. The van der Waals surface area contributed by atoms with Crippen molar-refractivity contribution in [3.8, 4) is 45.6 Å². The molecule has 0 fully saturated rings. The van der Waals surface area contributed by atoms with Gasteiger partial charge in [0, 0.05) is 83.6 Å². The minimum Gasteiger partial charge on any atom is -0.399 e. The Labute approximate surface area is 264 Å². The average Bonchev–Trinajstić information content (AvgIpc) is 3.71. The topological polar surface area (TPSA) is 213 Å². The fourth-order valence-electron chi connectivity index (χ4n) is 5.86. The van der Waals surface area contributed by atoms with E-state index in [1.165, 1.54) is 0 Å². The molecule has 0 atom stereocenters. The van der Waals surface area contributed by atoms with Crippen LogP contribution in [0, 0.1) is 0 Å². The number of anilines is 4. The molecule has 1 radical (unpaired) electrons. The van der Waals surface area contributed by atoms with E-state index in [0.717, 1.165) is 43.8 Å². The van der Waals surface area contributed by atoms with E-state index >= 15 is 0 Å². The molecule has 2 aliphatic heterocycles. The number of hydrogen-bond donors (Lipinski definition) is 6. The van der Waals surface area contributed by atoms with Crippen LogP contribution in [-0.2, 0) is 17.1 Å². The van der Waals surface area contributed by atoms with Crippen LogP contribution in [0.1, 0.15) is 0 Å². The van der Waals surface area contributed by atoms with Gasteiger partial charge in [0.1, 0.15) is 22.6 Å². The van der Waals surface area contributed by atoms with Crippen molar-refractivity contribution in [2.45, 2.75) is 0 Å². The van der Waals surface area contributed by atoms with E-state index in [-0.39, 0.29) is 17.1 Å². The third-order valence-corrected chi connectivity index (χ3v) is 7.93. The summed E-state index contributed by atoms with van der Waals surface area (Å²) in [6.07, 6.45) is 0. The van der Waals surface area contributed by atoms with Crippen LogP contribution in [-0.4, -0.2) is 39.9 Å². The van der Waals surface area contributed by atoms with Gasteiger partial charge in [-0.3, -0.25) is 0 Å². The van der Waals surface area contributed by atoms with Crippen molar-refractivity contribution < 1.29 is 17.1 Å². The van der Waals surface area contributed by atoms with Gasteiger partial charge in [0.2, 0.25) is 0 Å². The molecule has 9 rings (SSSR count). The SMILES string of the molecule is Nc1ccc2c(c1)-c1nc-2nc2[nH]c(nc3nc(nc4[nH]c(n1)c1ccc(N)cc41)-c1cc(N)ccc1-3)c1ccc(N)cc21.[Cu]. The molecule has 2 aliphatic rings. The predicted octanol–water partition coefficient (Wildman–Crippen LogP) is 5.20. The molecule has 221 valence electrons. The number of aromatic nitrogens is 8. The zero-order chi connectivity index (χ0) is 29.7. The molecule has 7 aromatic rings. The Morgan fingerprint density at radius 1 is 0.356 bits per heavy atom. The van der Waals surface area contributed by atoms with Crippen molar-refractivity contribution in [1.29, 1.82) is 0 Å². The van der Waals surface area contributed by atoms with Gasteiger partial charge in [-0.05, 0) is 72.8 Å². The number of fused-ring (bicyclic) bond motifs is 20. The summed E-state index contributed by atoms with van der Waals surface area (Å²) in [5.74, 6) is 1.86. The first kappa shape index (κ1) is 26.6. The van der Waals surface area contributed by atoms with E-state index in [4.69, 9.17) is 52.8 Å². The smallest absolute Gasteiger partial charge is 0.164 e. The molecule has 0 unspecified atom stereocenters. The van der Waals surface area contributed by atoms with Crippen LogP contribution in [0.3, 0.4) is 0 Å². The Morgan fingerprint density at radius 3 is 1.11 bits per heavy atom. The molecular formula is C32H22CuN12. The average molecular weight is 638 g/mol.